The van der Waals surface area contributed by atoms with Crippen LogP contribution >= 0.6 is 0 Å². The van der Waals surface area contributed by atoms with Crippen molar-refractivity contribution in [2.75, 3.05) is 5.32 Å². The van der Waals surface area contributed by atoms with Crippen LogP contribution in [0, 0.1) is 39.5 Å². The highest BCUT2D eigenvalue weighted by atomic mass is 19.2. The number of amides is 1. The minimum Gasteiger partial charge on any atom is -0.318 e. The van der Waals surface area contributed by atoms with E-state index in [0.29, 0.717) is 17.9 Å². The van der Waals surface area contributed by atoms with Gasteiger partial charge in [0, 0.05) is 12.0 Å². The van der Waals surface area contributed by atoms with Crippen molar-refractivity contribution in [1.29, 1.82) is 0 Å². The average Bonchev–Trinajstić information content (AvgIpc) is 3.01. The first-order valence-electron chi connectivity index (χ1n) is 6.40. The number of fused-ring (bicyclic) bond motifs is 1. The topological polar surface area (TPSA) is 72.2 Å². The molecule has 1 aromatic rings. The molecule has 0 saturated heterocycles. The summed E-state index contributed by atoms with van der Waals surface area (Å²) in [4.78, 5) is 22.0. The minimum absolute atomic E-state index is 0.263. The number of halogens is 2. The molecule has 0 aliphatic heterocycles. The Labute approximate surface area is 113 Å². The number of nitro benzene ring substituents is 1. The molecule has 7 heteroatoms. The van der Waals surface area contributed by atoms with Crippen molar-refractivity contribution in [3.8, 4) is 0 Å². The second kappa shape index (κ2) is 4.50. The quantitative estimate of drug-likeness (QED) is 0.684. The third-order valence-electron chi connectivity index (χ3n) is 4.13. The van der Waals surface area contributed by atoms with Gasteiger partial charge in [-0.25, -0.2) is 8.78 Å². The highest BCUT2D eigenvalue weighted by molar-refractivity contribution is 5.95. The Morgan fingerprint density at radius 1 is 1.25 bits per heavy atom. The Morgan fingerprint density at radius 3 is 2.50 bits per heavy atom. The van der Waals surface area contributed by atoms with Crippen LogP contribution in [0.1, 0.15) is 19.3 Å². The summed E-state index contributed by atoms with van der Waals surface area (Å²) >= 11 is 0. The van der Waals surface area contributed by atoms with Gasteiger partial charge >= 0.3 is 0 Å². The van der Waals surface area contributed by atoms with Crippen molar-refractivity contribution in [2.24, 2.45) is 17.8 Å². The molecule has 0 radical (unpaired) electrons. The minimum atomic E-state index is -1.39. The lowest BCUT2D eigenvalue weighted by molar-refractivity contribution is -0.384. The van der Waals surface area contributed by atoms with E-state index in [2.05, 4.69) is 5.32 Å². The summed E-state index contributed by atoms with van der Waals surface area (Å²) in [6, 6.07) is 1.52. The van der Waals surface area contributed by atoms with E-state index in [1.165, 1.54) is 0 Å². The smallest absolute Gasteiger partial charge is 0.296 e. The van der Waals surface area contributed by atoms with Crippen LogP contribution in [0.25, 0.3) is 0 Å². The lowest BCUT2D eigenvalue weighted by Crippen LogP contribution is -2.23. The van der Waals surface area contributed by atoms with Gasteiger partial charge < -0.3 is 5.32 Å². The summed E-state index contributed by atoms with van der Waals surface area (Å²) in [7, 11) is 0. The van der Waals surface area contributed by atoms with Crippen molar-refractivity contribution in [1.82, 2.24) is 0 Å². The van der Waals surface area contributed by atoms with Gasteiger partial charge in [0.25, 0.3) is 5.69 Å². The molecule has 106 valence electrons. The predicted octanol–water partition coefficient (Wildman–Crippen LogP) is 2.86. The first-order valence-corrected chi connectivity index (χ1v) is 6.40. The van der Waals surface area contributed by atoms with Gasteiger partial charge in [0.1, 0.15) is 0 Å². The molecule has 0 spiro atoms. The van der Waals surface area contributed by atoms with Gasteiger partial charge in [-0.1, -0.05) is 0 Å². The first-order chi connectivity index (χ1) is 9.47. The fraction of sp³-hybridized carbons (Fsp3) is 0.462. The zero-order valence-corrected chi connectivity index (χ0v) is 10.4. The first kappa shape index (κ1) is 13.0. The molecule has 1 amide bonds. The van der Waals surface area contributed by atoms with Crippen LogP contribution in [0.15, 0.2) is 12.1 Å². The number of nitro groups is 1. The summed E-state index contributed by atoms with van der Waals surface area (Å²) in [5.41, 5.74) is -1.32. The van der Waals surface area contributed by atoms with Crippen molar-refractivity contribution < 1.29 is 18.5 Å². The molecule has 1 aromatic carbocycles. The number of benzene rings is 1. The monoisotopic (exact) mass is 282 g/mol. The van der Waals surface area contributed by atoms with E-state index in [-0.39, 0.29) is 5.92 Å². The molecule has 5 nitrogen and oxygen atoms in total. The maximum Gasteiger partial charge on any atom is 0.296 e. The molecule has 2 atom stereocenters. The molecule has 2 aliphatic carbocycles. The fourth-order valence-electron chi connectivity index (χ4n) is 2.97. The Hall–Kier alpha value is -2.05. The Balaban J connectivity index is 1.83. The normalized spacial score (nSPS) is 27.0. The zero-order chi connectivity index (χ0) is 14.4. The SMILES string of the molecule is O=C(Nc1c([N+](=O)[O-])ccc(F)c1F)C1CC2CC2C1. The van der Waals surface area contributed by atoms with Crippen LogP contribution in [-0.4, -0.2) is 10.8 Å². The summed E-state index contributed by atoms with van der Waals surface area (Å²) in [5, 5.41) is 13.0. The van der Waals surface area contributed by atoms with Gasteiger partial charge in [-0.2, -0.15) is 0 Å². The van der Waals surface area contributed by atoms with Gasteiger partial charge in [-0.05, 0) is 37.2 Å². The Bertz CT molecular complexity index is 596. The van der Waals surface area contributed by atoms with Gasteiger partial charge in [0.2, 0.25) is 5.91 Å². The van der Waals surface area contributed by atoms with Crippen molar-refractivity contribution in [2.45, 2.75) is 19.3 Å². The van der Waals surface area contributed by atoms with Crippen LogP contribution in [-0.2, 0) is 4.79 Å². The largest absolute Gasteiger partial charge is 0.318 e. The zero-order valence-electron chi connectivity index (χ0n) is 10.4. The molecule has 1 N–H and O–H groups in total. The number of carbonyl (C=O) groups is 1. The van der Waals surface area contributed by atoms with Crippen molar-refractivity contribution >= 4 is 17.3 Å². The van der Waals surface area contributed by atoms with E-state index in [4.69, 9.17) is 0 Å². The lowest BCUT2D eigenvalue weighted by atomic mass is 10.0. The Morgan fingerprint density at radius 2 is 1.90 bits per heavy atom. The van der Waals surface area contributed by atoms with E-state index in [0.717, 1.165) is 25.3 Å². The second-order valence-electron chi connectivity index (χ2n) is 5.43. The molecular formula is C13H12F2N2O3. The van der Waals surface area contributed by atoms with E-state index in [9.17, 15) is 23.7 Å². The van der Waals surface area contributed by atoms with Gasteiger partial charge in [-0.3, -0.25) is 14.9 Å². The number of nitrogens with one attached hydrogen (secondary N) is 1. The predicted molar refractivity (Wildman–Crippen MR) is 66.0 cm³/mol. The van der Waals surface area contributed by atoms with Crippen LogP contribution in [0.5, 0.6) is 0 Å². The van der Waals surface area contributed by atoms with Crippen LogP contribution < -0.4 is 5.32 Å². The van der Waals surface area contributed by atoms with Gasteiger partial charge in [0.15, 0.2) is 17.3 Å². The Kier molecular flexibility index (Phi) is 2.92. The van der Waals surface area contributed by atoms with E-state index in [1.807, 2.05) is 0 Å². The van der Waals surface area contributed by atoms with Crippen LogP contribution in [0.3, 0.4) is 0 Å². The summed E-state index contributed by atoms with van der Waals surface area (Å²) in [5.74, 6) is -2.24. The molecule has 0 bridgehead atoms. The average molecular weight is 282 g/mol. The summed E-state index contributed by atoms with van der Waals surface area (Å²) in [6.07, 6.45) is 2.57. The highest BCUT2D eigenvalue weighted by Crippen LogP contribution is 2.54. The fourth-order valence-corrected chi connectivity index (χ4v) is 2.97. The van der Waals surface area contributed by atoms with Crippen LogP contribution in [0.4, 0.5) is 20.2 Å². The molecule has 2 saturated carbocycles. The molecule has 0 heterocycles. The number of nitrogens with zero attached hydrogens (tertiary/aromatic N) is 1. The molecule has 2 fully saturated rings. The summed E-state index contributed by atoms with van der Waals surface area (Å²) in [6.45, 7) is 0. The number of anilines is 1. The number of carbonyl (C=O) groups excluding carboxylic acids is 1. The van der Waals surface area contributed by atoms with E-state index in [1.54, 1.807) is 0 Å². The third-order valence-corrected chi connectivity index (χ3v) is 4.13. The third kappa shape index (κ3) is 2.13. The van der Waals surface area contributed by atoms with Crippen molar-refractivity contribution in [3.05, 3.63) is 33.9 Å². The number of hydrogen-bond acceptors (Lipinski definition) is 3. The van der Waals surface area contributed by atoms with E-state index < -0.39 is 33.8 Å². The number of hydrogen-bond donors (Lipinski definition) is 1. The molecule has 20 heavy (non-hydrogen) atoms. The van der Waals surface area contributed by atoms with Crippen molar-refractivity contribution in [3.63, 3.8) is 0 Å². The molecule has 0 aromatic heterocycles. The van der Waals surface area contributed by atoms with Crippen LogP contribution in [0.2, 0.25) is 0 Å². The van der Waals surface area contributed by atoms with E-state index >= 15 is 0 Å². The maximum atomic E-state index is 13.7. The highest BCUT2D eigenvalue weighted by Gasteiger charge is 2.48. The molecule has 2 unspecified atom stereocenters. The van der Waals surface area contributed by atoms with Gasteiger partial charge in [0.05, 0.1) is 4.92 Å². The summed E-state index contributed by atoms with van der Waals surface area (Å²) < 4.78 is 26.8. The van der Waals surface area contributed by atoms with Gasteiger partial charge in [-0.15, -0.1) is 0 Å². The molecular weight excluding hydrogens is 270 g/mol. The molecule has 2 aliphatic rings. The lowest BCUT2D eigenvalue weighted by Gasteiger charge is -2.13. The maximum absolute atomic E-state index is 13.7. The second-order valence-corrected chi connectivity index (χ2v) is 5.43. The molecule has 3 rings (SSSR count). The standard InChI is InChI=1S/C13H12F2N2O3/c14-9-1-2-10(17(19)20)12(11(9)15)16-13(18)8-4-6-3-7(6)5-8/h1-2,6-8H,3-5H2,(H,16,18). The number of rotatable bonds is 3.